The Labute approximate surface area is 162 Å². The van der Waals surface area contributed by atoms with E-state index in [-0.39, 0.29) is 12.3 Å². The van der Waals surface area contributed by atoms with Gasteiger partial charge in [-0.25, -0.2) is 9.78 Å². The number of aromatic amines is 1. The molecule has 4 unspecified atom stereocenters. The van der Waals surface area contributed by atoms with E-state index in [0.717, 1.165) is 0 Å². The number of rotatable bonds is 11. The van der Waals surface area contributed by atoms with Crippen molar-refractivity contribution in [2.75, 3.05) is 6.54 Å². The van der Waals surface area contributed by atoms with Crippen LogP contribution >= 0.6 is 0 Å². The number of nitrogens with two attached hydrogens (primary N) is 1. The van der Waals surface area contributed by atoms with Crippen LogP contribution in [0.4, 0.5) is 0 Å². The van der Waals surface area contributed by atoms with Gasteiger partial charge in [-0.2, -0.15) is 0 Å². The number of carbonyl (C=O) groups excluding carboxylic acids is 3. The summed E-state index contributed by atoms with van der Waals surface area (Å²) in [5.41, 5.74) is 6.06. The Bertz CT molecular complexity index is 676. The molecule has 0 fully saturated rings. The van der Waals surface area contributed by atoms with Gasteiger partial charge in [0.05, 0.1) is 18.9 Å². The van der Waals surface area contributed by atoms with Gasteiger partial charge in [0, 0.05) is 18.3 Å². The van der Waals surface area contributed by atoms with Crippen molar-refractivity contribution in [1.29, 1.82) is 0 Å². The normalized spacial score (nSPS) is 15.0. The van der Waals surface area contributed by atoms with Crippen LogP contribution in [0.15, 0.2) is 12.5 Å². The Hall–Kier alpha value is -2.95. The van der Waals surface area contributed by atoms with Crippen molar-refractivity contribution in [2.24, 2.45) is 11.7 Å². The summed E-state index contributed by atoms with van der Waals surface area (Å²) in [6.45, 7) is 4.73. The minimum atomic E-state index is -1.21. The molecule has 11 heteroatoms. The van der Waals surface area contributed by atoms with Gasteiger partial charge >= 0.3 is 5.97 Å². The fourth-order valence-corrected chi connectivity index (χ4v) is 2.33. The zero-order valence-electron chi connectivity index (χ0n) is 16.2. The van der Waals surface area contributed by atoms with Gasteiger partial charge in [0.1, 0.15) is 12.1 Å². The molecule has 156 valence electrons. The van der Waals surface area contributed by atoms with E-state index in [1.165, 1.54) is 19.4 Å². The number of carbonyl (C=O) groups is 4. The van der Waals surface area contributed by atoms with Crippen LogP contribution in [0.3, 0.4) is 0 Å². The molecule has 28 heavy (non-hydrogen) atoms. The summed E-state index contributed by atoms with van der Waals surface area (Å²) in [6.07, 6.45) is 3.51. The fraction of sp³-hybridized carbons (Fsp3) is 0.588. The molecule has 0 aliphatic heterocycles. The number of H-pyrrole nitrogens is 1. The number of aromatic nitrogens is 2. The molecular weight excluding hydrogens is 368 g/mol. The molecule has 7 N–H and O–H groups in total. The highest BCUT2D eigenvalue weighted by atomic mass is 16.4. The summed E-state index contributed by atoms with van der Waals surface area (Å²) < 4.78 is 0. The first-order valence-corrected chi connectivity index (χ1v) is 8.98. The predicted octanol–water partition coefficient (Wildman–Crippen LogP) is -1.48. The van der Waals surface area contributed by atoms with Crippen LogP contribution in [0.2, 0.25) is 0 Å². The minimum absolute atomic E-state index is 0.0228. The van der Waals surface area contributed by atoms with Gasteiger partial charge in [0.25, 0.3) is 0 Å². The Morgan fingerprint density at radius 2 is 1.89 bits per heavy atom. The topological polar surface area (TPSA) is 179 Å². The summed E-state index contributed by atoms with van der Waals surface area (Å²) >= 11 is 0. The highest BCUT2D eigenvalue weighted by molar-refractivity contribution is 5.92. The predicted molar refractivity (Wildman–Crippen MR) is 99.9 cm³/mol. The smallest absolute Gasteiger partial charge is 0.326 e. The number of carboxylic acids is 1. The summed E-state index contributed by atoms with van der Waals surface area (Å²) in [7, 11) is 0. The number of hydrogen-bond acceptors (Lipinski definition) is 6. The van der Waals surface area contributed by atoms with Crippen molar-refractivity contribution in [3.63, 3.8) is 0 Å². The molecule has 0 bridgehead atoms. The molecule has 11 nitrogen and oxygen atoms in total. The molecule has 1 rings (SSSR count). The molecule has 3 amide bonds. The van der Waals surface area contributed by atoms with Gasteiger partial charge in [-0.15, -0.1) is 0 Å². The average Bonchev–Trinajstić information content (AvgIpc) is 3.15. The molecule has 1 aromatic heterocycles. The number of aliphatic carboxylic acids is 1. The first-order chi connectivity index (χ1) is 13.1. The van der Waals surface area contributed by atoms with Crippen LogP contribution in [0.1, 0.15) is 32.9 Å². The number of hydrogen-bond donors (Lipinski definition) is 6. The highest BCUT2D eigenvalue weighted by Gasteiger charge is 2.27. The third kappa shape index (κ3) is 7.35. The van der Waals surface area contributed by atoms with Crippen molar-refractivity contribution in [1.82, 2.24) is 25.9 Å². The molecule has 4 atom stereocenters. The maximum absolute atomic E-state index is 12.4. The minimum Gasteiger partial charge on any atom is -0.480 e. The summed E-state index contributed by atoms with van der Waals surface area (Å²) in [5.74, 6) is -3.08. The Kier molecular flexibility index (Phi) is 9.09. The first kappa shape index (κ1) is 23.1. The lowest BCUT2D eigenvalue weighted by molar-refractivity contribution is -0.141. The van der Waals surface area contributed by atoms with Gasteiger partial charge in [-0.1, -0.05) is 20.3 Å². The van der Waals surface area contributed by atoms with Crippen LogP contribution in [0.25, 0.3) is 0 Å². The van der Waals surface area contributed by atoms with Gasteiger partial charge in [-0.05, 0) is 12.8 Å². The Balaban J connectivity index is 2.62. The summed E-state index contributed by atoms with van der Waals surface area (Å²) in [6, 6.07) is -2.80. The lowest BCUT2D eigenvalue weighted by Gasteiger charge is -2.24. The third-order valence-electron chi connectivity index (χ3n) is 4.24. The van der Waals surface area contributed by atoms with Crippen LogP contribution < -0.4 is 21.7 Å². The highest BCUT2D eigenvalue weighted by Crippen LogP contribution is 2.08. The second kappa shape index (κ2) is 11.0. The second-order valence-electron chi connectivity index (χ2n) is 6.62. The molecule has 0 aliphatic rings. The van der Waals surface area contributed by atoms with E-state index in [4.69, 9.17) is 5.73 Å². The monoisotopic (exact) mass is 396 g/mol. The quantitative estimate of drug-likeness (QED) is 0.264. The molecule has 1 heterocycles. The van der Waals surface area contributed by atoms with Crippen LogP contribution in [0, 0.1) is 5.92 Å². The summed E-state index contributed by atoms with van der Waals surface area (Å²) in [5, 5.41) is 16.6. The third-order valence-corrected chi connectivity index (χ3v) is 4.24. The fourth-order valence-electron chi connectivity index (χ4n) is 2.33. The largest absolute Gasteiger partial charge is 0.480 e. The number of imidazole rings is 1. The molecule has 0 aromatic carbocycles. The van der Waals surface area contributed by atoms with Crippen molar-refractivity contribution in [3.8, 4) is 0 Å². The molecule has 0 spiro atoms. The maximum atomic E-state index is 12.4. The number of amides is 3. The van der Waals surface area contributed by atoms with Crippen molar-refractivity contribution in [2.45, 2.75) is 51.7 Å². The van der Waals surface area contributed by atoms with Crippen molar-refractivity contribution >= 4 is 23.7 Å². The standard InChI is InChI=1S/C17H28N6O5/c1-4-9(2)14(23-15(25)10(3)18)16(26)20-7-13(24)22-12(17(27)28)5-11-6-19-8-21-11/h6,8-10,12,14H,4-5,7,18H2,1-3H3,(H,19,21)(H,20,26)(H,22,24)(H,23,25)(H,27,28). The summed E-state index contributed by atoms with van der Waals surface area (Å²) in [4.78, 5) is 54.2. The molecule has 0 aliphatic carbocycles. The van der Waals surface area contributed by atoms with Crippen molar-refractivity contribution < 1.29 is 24.3 Å². The lowest BCUT2D eigenvalue weighted by Crippen LogP contribution is -2.55. The van der Waals surface area contributed by atoms with E-state index in [1.807, 2.05) is 6.92 Å². The van der Waals surface area contributed by atoms with E-state index in [2.05, 4.69) is 25.9 Å². The molecule has 0 saturated heterocycles. The number of nitrogens with zero attached hydrogens (tertiary/aromatic N) is 1. The lowest BCUT2D eigenvalue weighted by atomic mass is 9.98. The van der Waals surface area contributed by atoms with Crippen LogP contribution in [-0.2, 0) is 25.6 Å². The van der Waals surface area contributed by atoms with Crippen molar-refractivity contribution in [3.05, 3.63) is 18.2 Å². The first-order valence-electron chi connectivity index (χ1n) is 8.98. The Morgan fingerprint density at radius 3 is 2.39 bits per heavy atom. The molecule has 1 aromatic rings. The number of nitrogens with one attached hydrogen (secondary N) is 4. The van der Waals surface area contributed by atoms with Gasteiger partial charge in [-0.3, -0.25) is 14.4 Å². The van der Waals surface area contributed by atoms with E-state index >= 15 is 0 Å². The van der Waals surface area contributed by atoms with E-state index in [0.29, 0.717) is 12.1 Å². The van der Waals surface area contributed by atoms with Crippen LogP contribution in [-0.4, -0.2) is 63.4 Å². The van der Waals surface area contributed by atoms with E-state index in [1.54, 1.807) is 6.92 Å². The molecular formula is C17H28N6O5. The average molecular weight is 396 g/mol. The zero-order chi connectivity index (χ0) is 21.3. The van der Waals surface area contributed by atoms with Gasteiger partial charge in [0.15, 0.2) is 0 Å². The number of carboxylic acid groups (broad SMARTS) is 1. The second-order valence-corrected chi connectivity index (χ2v) is 6.62. The maximum Gasteiger partial charge on any atom is 0.326 e. The molecule has 0 radical (unpaired) electrons. The van der Waals surface area contributed by atoms with E-state index in [9.17, 15) is 24.3 Å². The zero-order valence-corrected chi connectivity index (χ0v) is 16.2. The van der Waals surface area contributed by atoms with Gasteiger partial charge < -0.3 is 31.8 Å². The van der Waals surface area contributed by atoms with Crippen LogP contribution in [0.5, 0.6) is 0 Å². The van der Waals surface area contributed by atoms with Gasteiger partial charge in [0.2, 0.25) is 17.7 Å². The SMILES string of the molecule is CCC(C)C(NC(=O)C(C)N)C(=O)NCC(=O)NC(Cc1cnc[nH]1)C(=O)O. The molecule has 0 saturated carbocycles. The van der Waals surface area contributed by atoms with E-state index < -0.39 is 48.4 Å². The Morgan fingerprint density at radius 1 is 1.21 bits per heavy atom.